The summed E-state index contributed by atoms with van der Waals surface area (Å²) in [7, 11) is 1.85. The van der Waals surface area contributed by atoms with E-state index in [4.69, 9.17) is 0 Å². The molecule has 1 rings (SSSR count). The molecule has 0 unspecified atom stereocenters. The van der Waals surface area contributed by atoms with Crippen molar-refractivity contribution in [2.45, 2.75) is 33.4 Å². The lowest BCUT2D eigenvalue weighted by molar-refractivity contribution is -0.121. The van der Waals surface area contributed by atoms with Gasteiger partial charge < -0.3 is 10.6 Å². The zero-order valence-corrected chi connectivity index (χ0v) is 12.9. The van der Waals surface area contributed by atoms with E-state index >= 15 is 0 Å². The van der Waals surface area contributed by atoms with Gasteiger partial charge in [0.05, 0.1) is 0 Å². The molecule has 0 aromatic heterocycles. The smallest absolute Gasteiger partial charge is 0.221 e. The first-order valence-electron chi connectivity index (χ1n) is 7.41. The van der Waals surface area contributed by atoms with Gasteiger partial charge >= 0.3 is 0 Å². The van der Waals surface area contributed by atoms with Crippen molar-refractivity contribution in [2.24, 2.45) is 0 Å². The molecular formula is C16H27N3O. The zero-order chi connectivity index (χ0) is 14.8. The SMILES string of the molecule is CCN(CC)Cc1cccc(CNC(=O)CCNC)c1. The molecule has 0 aliphatic heterocycles. The summed E-state index contributed by atoms with van der Waals surface area (Å²) in [6.45, 7) is 8.75. The highest BCUT2D eigenvalue weighted by atomic mass is 16.1. The van der Waals surface area contributed by atoms with Crippen molar-refractivity contribution in [3.63, 3.8) is 0 Å². The Kier molecular flexibility index (Phi) is 7.92. The van der Waals surface area contributed by atoms with Gasteiger partial charge in [-0.25, -0.2) is 0 Å². The number of benzene rings is 1. The van der Waals surface area contributed by atoms with E-state index in [0.29, 0.717) is 19.5 Å². The Balaban J connectivity index is 2.49. The van der Waals surface area contributed by atoms with E-state index in [0.717, 1.165) is 25.2 Å². The molecule has 0 fully saturated rings. The van der Waals surface area contributed by atoms with Crippen molar-refractivity contribution >= 4 is 5.91 Å². The number of rotatable bonds is 9. The van der Waals surface area contributed by atoms with E-state index in [9.17, 15) is 4.79 Å². The van der Waals surface area contributed by atoms with Gasteiger partial charge in [-0.1, -0.05) is 38.1 Å². The lowest BCUT2D eigenvalue weighted by atomic mass is 10.1. The highest BCUT2D eigenvalue weighted by Crippen LogP contribution is 2.08. The third-order valence-electron chi connectivity index (χ3n) is 3.38. The summed E-state index contributed by atoms with van der Waals surface area (Å²) in [5, 5.41) is 5.92. The fraction of sp³-hybridized carbons (Fsp3) is 0.562. The Hall–Kier alpha value is -1.39. The average Bonchev–Trinajstić information content (AvgIpc) is 2.49. The average molecular weight is 277 g/mol. The van der Waals surface area contributed by atoms with Gasteiger partial charge in [0, 0.05) is 26.1 Å². The molecule has 0 saturated carbocycles. The number of amides is 1. The third kappa shape index (κ3) is 6.17. The lowest BCUT2D eigenvalue weighted by Crippen LogP contribution is -2.26. The van der Waals surface area contributed by atoms with Crippen molar-refractivity contribution in [3.8, 4) is 0 Å². The molecule has 0 radical (unpaired) electrons. The second kappa shape index (κ2) is 9.50. The molecule has 112 valence electrons. The quantitative estimate of drug-likeness (QED) is 0.723. The third-order valence-corrected chi connectivity index (χ3v) is 3.38. The summed E-state index contributed by atoms with van der Waals surface area (Å²) >= 11 is 0. The van der Waals surface area contributed by atoms with Gasteiger partial charge in [-0.15, -0.1) is 0 Å². The van der Waals surface area contributed by atoms with Crippen LogP contribution < -0.4 is 10.6 Å². The minimum Gasteiger partial charge on any atom is -0.352 e. The molecule has 0 aliphatic rings. The Morgan fingerprint density at radius 3 is 2.55 bits per heavy atom. The van der Waals surface area contributed by atoms with Crippen LogP contribution in [0.5, 0.6) is 0 Å². The van der Waals surface area contributed by atoms with Gasteiger partial charge in [-0.05, 0) is 31.3 Å². The molecule has 4 nitrogen and oxygen atoms in total. The van der Waals surface area contributed by atoms with Crippen molar-refractivity contribution in [1.29, 1.82) is 0 Å². The van der Waals surface area contributed by atoms with E-state index < -0.39 is 0 Å². The van der Waals surface area contributed by atoms with Crippen LogP contribution in [0.4, 0.5) is 0 Å². The second-order valence-corrected chi connectivity index (χ2v) is 4.91. The fourth-order valence-electron chi connectivity index (χ4n) is 2.07. The van der Waals surface area contributed by atoms with Gasteiger partial charge in [0.1, 0.15) is 0 Å². The number of nitrogens with one attached hydrogen (secondary N) is 2. The Morgan fingerprint density at radius 1 is 1.20 bits per heavy atom. The molecule has 0 saturated heterocycles. The van der Waals surface area contributed by atoms with E-state index in [-0.39, 0.29) is 5.91 Å². The van der Waals surface area contributed by atoms with Crippen LogP contribution in [0, 0.1) is 0 Å². The van der Waals surface area contributed by atoms with Gasteiger partial charge in [-0.2, -0.15) is 0 Å². The molecular weight excluding hydrogens is 250 g/mol. The van der Waals surface area contributed by atoms with Crippen LogP contribution in [0.15, 0.2) is 24.3 Å². The molecule has 1 amide bonds. The van der Waals surface area contributed by atoms with Crippen LogP contribution in [0.2, 0.25) is 0 Å². The van der Waals surface area contributed by atoms with Crippen LogP contribution >= 0.6 is 0 Å². The fourth-order valence-corrected chi connectivity index (χ4v) is 2.07. The molecule has 0 heterocycles. The Morgan fingerprint density at radius 2 is 1.90 bits per heavy atom. The summed E-state index contributed by atoms with van der Waals surface area (Å²) < 4.78 is 0. The summed E-state index contributed by atoms with van der Waals surface area (Å²) in [5.74, 6) is 0.0912. The van der Waals surface area contributed by atoms with Gasteiger partial charge in [0.15, 0.2) is 0 Å². The maximum Gasteiger partial charge on any atom is 0.221 e. The normalized spacial score (nSPS) is 10.8. The van der Waals surface area contributed by atoms with Crippen LogP contribution in [-0.2, 0) is 17.9 Å². The Bertz CT molecular complexity index is 402. The van der Waals surface area contributed by atoms with Gasteiger partial charge in [0.25, 0.3) is 0 Å². The number of carbonyl (C=O) groups is 1. The number of hydrogen-bond acceptors (Lipinski definition) is 3. The van der Waals surface area contributed by atoms with Crippen molar-refractivity contribution in [2.75, 3.05) is 26.7 Å². The van der Waals surface area contributed by atoms with Gasteiger partial charge in [0.2, 0.25) is 5.91 Å². The summed E-state index contributed by atoms with van der Waals surface area (Å²) in [6.07, 6.45) is 0.523. The first-order valence-corrected chi connectivity index (χ1v) is 7.41. The summed E-state index contributed by atoms with van der Waals surface area (Å²) in [5.41, 5.74) is 2.46. The van der Waals surface area contributed by atoms with Crippen molar-refractivity contribution in [1.82, 2.24) is 15.5 Å². The number of hydrogen-bond donors (Lipinski definition) is 2. The monoisotopic (exact) mass is 277 g/mol. The molecule has 0 aliphatic carbocycles. The molecule has 0 spiro atoms. The van der Waals surface area contributed by atoms with Crippen LogP contribution in [0.25, 0.3) is 0 Å². The highest BCUT2D eigenvalue weighted by molar-refractivity contribution is 5.76. The number of carbonyl (C=O) groups excluding carboxylic acids is 1. The van der Waals surface area contributed by atoms with E-state index in [1.807, 2.05) is 7.05 Å². The van der Waals surface area contributed by atoms with Crippen LogP contribution in [0.3, 0.4) is 0 Å². The zero-order valence-electron chi connectivity index (χ0n) is 12.9. The molecule has 2 N–H and O–H groups in total. The minimum atomic E-state index is 0.0912. The number of nitrogens with zero attached hydrogens (tertiary/aromatic N) is 1. The molecule has 1 aromatic carbocycles. The minimum absolute atomic E-state index is 0.0912. The standard InChI is InChI=1S/C16H27N3O/c1-4-19(5-2)13-15-8-6-7-14(11-15)12-18-16(20)9-10-17-3/h6-8,11,17H,4-5,9-10,12-13H2,1-3H3,(H,18,20). The summed E-state index contributed by atoms with van der Waals surface area (Å²) in [6, 6.07) is 8.44. The largest absolute Gasteiger partial charge is 0.352 e. The molecule has 4 heteroatoms. The molecule has 20 heavy (non-hydrogen) atoms. The highest BCUT2D eigenvalue weighted by Gasteiger charge is 2.03. The summed E-state index contributed by atoms with van der Waals surface area (Å²) in [4.78, 5) is 14.0. The topological polar surface area (TPSA) is 44.4 Å². The molecule has 0 atom stereocenters. The van der Waals surface area contributed by atoms with Crippen LogP contribution in [-0.4, -0.2) is 37.5 Å². The van der Waals surface area contributed by atoms with Gasteiger partial charge in [-0.3, -0.25) is 9.69 Å². The van der Waals surface area contributed by atoms with Crippen molar-refractivity contribution in [3.05, 3.63) is 35.4 Å². The van der Waals surface area contributed by atoms with Crippen molar-refractivity contribution < 1.29 is 4.79 Å². The molecule has 0 bridgehead atoms. The maximum atomic E-state index is 11.6. The second-order valence-electron chi connectivity index (χ2n) is 4.91. The van der Waals surface area contributed by atoms with Crippen LogP contribution in [0.1, 0.15) is 31.4 Å². The predicted octanol–water partition coefficient (Wildman–Crippen LogP) is 1.75. The predicted molar refractivity (Wildman–Crippen MR) is 83.5 cm³/mol. The molecule has 1 aromatic rings. The lowest BCUT2D eigenvalue weighted by Gasteiger charge is -2.18. The van der Waals surface area contributed by atoms with E-state index in [2.05, 4.69) is 53.6 Å². The maximum absolute atomic E-state index is 11.6. The Labute approximate surface area is 122 Å². The van der Waals surface area contributed by atoms with E-state index in [1.54, 1.807) is 0 Å². The first kappa shape index (κ1) is 16.7. The first-order chi connectivity index (χ1) is 9.69. The van der Waals surface area contributed by atoms with E-state index in [1.165, 1.54) is 5.56 Å².